The van der Waals surface area contributed by atoms with Crippen molar-refractivity contribution in [3.63, 3.8) is 0 Å². The minimum Gasteiger partial charge on any atom is -0.479 e. The summed E-state index contributed by atoms with van der Waals surface area (Å²) in [5.74, 6) is 0.911. The molecule has 0 fully saturated rings. The van der Waals surface area contributed by atoms with Crippen LogP contribution in [0, 0.1) is 5.92 Å². The van der Waals surface area contributed by atoms with Crippen molar-refractivity contribution in [3.8, 4) is 5.88 Å². The SMILES string of the molecule is COc1nccnc1C(=O)C1=CCC(C)CC1. The van der Waals surface area contributed by atoms with Gasteiger partial charge in [-0.15, -0.1) is 0 Å². The van der Waals surface area contributed by atoms with Crippen molar-refractivity contribution >= 4 is 5.78 Å². The molecule has 0 spiro atoms. The maximum absolute atomic E-state index is 12.2. The van der Waals surface area contributed by atoms with E-state index in [0.29, 0.717) is 17.5 Å². The van der Waals surface area contributed by atoms with Crippen LogP contribution in [0.4, 0.5) is 0 Å². The molecule has 0 N–H and O–H groups in total. The van der Waals surface area contributed by atoms with Crippen molar-refractivity contribution in [2.45, 2.75) is 26.2 Å². The zero-order valence-corrected chi connectivity index (χ0v) is 10.1. The summed E-state index contributed by atoms with van der Waals surface area (Å²) in [7, 11) is 1.50. The molecule has 1 aromatic heterocycles. The Morgan fingerprint density at radius 1 is 1.41 bits per heavy atom. The van der Waals surface area contributed by atoms with Gasteiger partial charge in [-0.2, -0.15) is 0 Å². The summed E-state index contributed by atoms with van der Waals surface area (Å²) in [5.41, 5.74) is 1.15. The van der Waals surface area contributed by atoms with Gasteiger partial charge >= 0.3 is 0 Å². The van der Waals surface area contributed by atoms with E-state index in [2.05, 4.69) is 16.9 Å². The van der Waals surface area contributed by atoms with E-state index in [4.69, 9.17) is 4.74 Å². The summed E-state index contributed by atoms with van der Waals surface area (Å²) in [4.78, 5) is 20.3. The number of hydrogen-bond donors (Lipinski definition) is 0. The number of ether oxygens (including phenoxy) is 1. The molecule has 1 aliphatic rings. The molecule has 1 aliphatic carbocycles. The number of allylic oxidation sites excluding steroid dienone is 2. The molecule has 0 amide bonds. The molecule has 0 saturated heterocycles. The van der Waals surface area contributed by atoms with E-state index >= 15 is 0 Å². The Hall–Kier alpha value is -1.71. The van der Waals surface area contributed by atoms with Crippen LogP contribution in [-0.2, 0) is 0 Å². The van der Waals surface area contributed by atoms with Gasteiger partial charge < -0.3 is 4.74 Å². The second-order valence-corrected chi connectivity index (χ2v) is 4.35. The molecule has 17 heavy (non-hydrogen) atoms. The van der Waals surface area contributed by atoms with Gasteiger partial charge in [-0.1, -0.05) is 13.0 Å². The summed E-state index contributed by atoms with van der Waals surface area (Å²) in [5, 5.41) is 0. The first kappa shape index (κ1) is 11.8. The fourth-order valence-corrected chi connectivity index (χ4v) is 1.95. The second kappa shape index (κ2) is 5.08. The topological polar surface area (TPSA) is 52.1 Å². The molecule has 1 unspecified atom stereocenters. The van der Waals surface area contributed by atoms with Gasteiger partial charge in [0, 0.05) is 12.4 Å². The number of methoxy groups -OCH3 is 1. The first-order valence-corrected chi connectivity index (χ1v) is 5.81. The van der Waals surface area contributed by atoms with E-state index < -0.39 is 0 Å². The predicted octanol–water partition coefficient (Wildman–Crippen LogP) is 2.41. The third-order valence-corrected chi connectivity index (χ3v) is 3.04. The number of carbonyl (C=O) groups is 1. The second-order valence-electron chi connectivity index (χ2n) is 4.35. The molecule has 0 aliphatic heterocycles. The van der Waals surface area contributed by atoms with E-state index in [-0.39, 0.29) is 5.78 Å². The molecule has 0 radical (unpaired) electrons. The first-order chi connectivity index (χ1) is 8.22. The average Bonchev–Trinajstić information content (AvgIpc) is 2.39. The maximum atomic E-state index is 12.2. The fraction of sp³-hybridized carbons (Fsp3) is 0.462. The van der Waals surface area contributed by atoms with Crippen LogP contribution in [0.2, 0.25) is 0 Å². The molecule has 0 bridgehead atoms. The zero-order chi connectivity index (χ0) is 12.3. The summed E-state index contributed by atoms with van der Waals surface area (Å²) in [6, 6.07) is 0. The summed E-state index contributed by atoms with van der Waals surface area (Å²) in [6.45, 7) is 2.20. The summed E-state index contributed by atoms with van der Waals surface area (Å²) < 4.78 is 5.06. The Morgan fingerprint density at radius 2 is 2.18 bits per heavy atom. The van der Waals surface area contributed by atoms with Crippen LogP contribution in [-0.4, -0.2) is 22.9 Å². The number of hydrogen-bond acceptors (Lipinski definition) is 4. The van der Waals surface area contributed by atoms with Gasteiger partial charge in [0.25, 0.3) is 0 Å². The van der Waals surface area contributed by atoms with Crippen LogP contribution in [0.3, 0.4) is 0 Å². The van der Waals surface area contributed by atoms with Gasteiger partial charge in [-0.25, -0.2) is 9.97 Å². The van der Waals surface area contributed by atoms with Crippen molar-refractivity contribution in [3.05, 3.63) is 29.7 Å². The highest BCUT2D eigenvalue weighted by atomic mass is 16.5. The van der Waals surface area contributed by atoms with Gasteiger partial charge in [0.05, 0.1) is 7.11 Å². The van der Waals surface area contributed by atoms with Gasteiger partial charge in [0.1, 0.15) is 0 Å². The molecule has 2 rings (SSSR count). The molecule has 4 heteroatoms. The largest absolute Gasteiger partial charge is 0.479 e. The van der Waals surface area contributed by atoms with Crippen LogP contribution in [0.5, 0.6) is 5.88 Å². The van der Waals surface area contributed by atoms with Crippen molar-refractivity contribution < 1.29 is 9.53 Å². The lowest BCUT2D eigenvalue weighted by atomic mass is 9.88. The Morgan fingerprint density at radius 3 is 2.82 bits per heavy atom. The molecule has 0 saturated carbocycles. The minimum atomic E-state index is -0.0538. The number of Topliss-reactive ketones (excluding diaryl/α,β-unsaturated/α-hetero) is 1. The first-order valence-electron chi connectivity index (χ1n) is 5.81. The van der Waals surface area contributed by atoms with Crippen LogP contribution in [0.1, 0.15) is 36.7 Å². The van der Waals surface area contributed by atoms with Crippen LogP contribution >= 0.6 is 0 Å². The Balaban J connectivity index is 2.25. The highest BCUT2D eigenvalue weighted by Gasteiger charge is 2.21. The third kappa shape index (κ3) is 2.52. The highest BCUT2D eigenvalue weighted by molar-refractivity contribution is 6.08. The Bertz CT molecular complexity index is 454. The normalized spacial score (nSPS) is 19.6. The van der Waals surface area contributed by atoms with E-state index in [1.165, 1.54) is 19.5 Å². The van der Waals surface area contributed by atoms with E-state index in [9.17, 15) is 4.79 Å². The van der Waals surface area contributed by atoms with Gasteiger partial charge in [0.15, 0.2) is 5.69 Å². The zero-order valence-electron chi connectivity index (χ0n) is 10.1. The van der Waals surface area contributed by atoms with Crippen LogP contribution in [0.15, 0.2) is 24.0 Å². The standard InChI is InChI=1S/C13H16N2O2/c1-9-3-5-10(6-4-9)12(16)11-13(17-2)15-8-7-14-11/h5,7-9H,3-4,6H2,1-2H3. The predicted molar refractivity (Wildman–Crippen MR) is 64.0 cm³/mol. The Labute approximate surface area is 101 Å². The molecule has 1 atom stereocenters. The van der Waals surface area contributed by atoms with E-state index in [1.54, 1.807) is 0 Å². The van der Waals surface area contributed by atoms with Crippen molar-refractivity contribution in [1.29, 1.82) is 0 Å². The van der Waals surface area contributed by atoms with E-state index in [1.807, 2.05) is 6.08 Å². The van der Waals surface area contributed by atoms with Crippen molar-refractivity contribution in [2.75, 3.05) is 7.11 Å². The lowest BCUT2D eigenvalue weighted by Gasteiger charge is -2.17. The smallest absolute Gasteiger partial charge is 0.243 e. The molecule has 4 nitrogen and oxygen atoms in total. The average molecular weight is 232 g/mol. The lowest BCUT2D eigenvalue weighted by molar-refractivity contribution is 0.101. The monoisotopic (exact) mass is 232 g/mol. The molecule has 0 aromatic carbocycles. The van der Waals surface area contributed by atoms with Crippen molar-refractivity contribution in [1.82, 2.24) is 9.97 Å². The molecular weight excluding hydrogens is 216 g/mol. The summed E-state index contributed by atoms with van der Waals surface area (Å²) >= 11 is 0. The molecule has 90 valence electrons. The number of rotatable bonds is 3. The number of aromatic nitrogens is 2. The minimum absolute atomic E-state index is 0.0538. The molecule has 1 aromatic rings. The lowest BCUT2D eigenvalue weighted by Crippen LogP contribution is -2.13. The number of carbonyl (C=O) groups excluding carboxylic acids is 1. The summed E-state index contributed by atoms with van der Waals surface area (Å²) in [6.07, 6.45) is 7.89. The maximum Gasteiger partial charge on any atom is 0.243 e. The number of ketones is 1. The fourth-order valence-electron chi connectivity index (χ4n) is 1.95. The Kier molecular flexibility index (Phi) is 3.52. The van der Waals surface area contributed by atoms with Gasteiger partial charge in [0.2, 0.25) is 11.7 Å². The van der Waals surface area contributed by atoms with Crippen LogP contribution in [0.25, 0.3) is 0 Å². The van der Waals surface area contributed by atoms with E-state index in [0.717, 1.165) is 24.8 Å². The molecular formula is C13H16N2O2. The van der Waals surface area contributed by atoms with Gasteiger partial charge in [-0.3, -0.25) is 4.79 Å². The van der Waals surface area contributed by atoms with Crippen LogP contribution < -0.4 is 4.74 Å². The third-order valence-electron chi connectivity index (χ3n) is 3.04. The number of nitrogens with zero attached hydrogens (tertiary/aromatic N) is 2. The quantitative estimate of drug-likeness (QED) is 0.751. The highest BCUT2D eigenvalue weighted by Crippen LogP contribution is 2.26. The van der Waals surface area contributed by atoms with Crippen molar-refractivity contribution in [2.24, 2.45) is 5.92 Å². The molecule has 1 heterocycles. The van der Waals surface area contributed by atoms with Gasteiger partial charge in [-0.05, 0) is 30.8 Å².